The fraction of sp³-hybridized carbons (Fsp3) is 0.467. The summed E-state index contributed by atoms with van der Waals surface area (Å²) >= 11 is 0. The van der Waals surface area contributed by atoms with Crippen LogP contribution in [0.25, 0.3) is 0 Å². The van der Waals surface area contributed by atoms with Crippen LogP contribution in [0.3, 0.4) is 0 Å². The van der Waals surface area contributed by atoms with E-state index in [2.05, 4.69) is 0 Å². The van der Waals surface area contributed by atoms with Gasteiger partial charge in [-0.25, -0.2) is 0 Å². The van der Waals surface area contributed by atoms with Crippen molar-refractivity contribution in [1.29, 1.82) is 0 Å². The predicted molar refractivity (Wildman–Crippen MR) is 73.3 cm³/mol. The van der Waals surface area contributed by atoms with E-state index in [1.165, 1.54) is 0 Å². The van der Waals surface area contributed by atoms with Crippen molar-refractivity contribution < 1.29 is 24.2 Å². The first-order chi connectivity index (χ1) is 10.1. The van der Waals surface area contributed by atoms with E-state index in [1.807, 2.05) is 12.1 Å². The molecule has 2 heterocycles. The van der Waals surface area contributed by atoms with E-state index in [0.29, 0.717) is 30.9 Å². The van der Waals surface area contributed by atoms with Crippen molar-refractivity contribution in [3.8, 4) is 11.5 Å². The fourth-order valence-electron chi connectivity index (χ4n) is 2.72. The Kier molecular flexibility index (Phi) is 3.68. The van der Waals surface area contributed by atoms with Gasteiger partial charge in [0.05, 0.1) is 5.92 Å². The van der Waals surface area contributed by atoms with Crippen LogP contribution in [0.2, 0.25) is 0 Å². The second-order valence-electron chi connectivity index (χ2n) is 5.33. The van der Waals surface area contributed by atoms with Crippen molar-refractivity contribution in [2.24, 2.45) is 5.92 Å². The third-order valence-corrected chi connectivity index (χ3v) is 3.87. The highest BCUT2D eigenvalue weighted by Gasteiger charge is 2.35. The molecule has 1 fully saturated rings. The van der Waals surface area contributed by atoms with Gasteiger partial charge >= 0.3 is 5.97 Å². The van der Waals surface area contributed by atoms with Gasteiger partial charge in [0.2, 0.25) is 6.10 Å². The van der Waals surface area contributed by atoms with E-state index in [9.17, 15) is 9.59 Å². The molecule has 0 aromatic heterocycles. The zero-order chi connectivity index (χ0) is 14.8. The van der Waals surface area contributed by atoms with Crippen molar-refractivity contribution in [2.75, 3.05) is 19.7 Å². The minimum absolute atomic E-state index is 0.157. The first-order valence-corrected chi connectivity index (χ1v) is 7.05. The molecule has 112 valence electrons. The summed E-state index contributed by atoms with van der Waals surface area (Å²) in [7, 11) is 0. The Hall–Kier alpha value is -2.24. The lowest BCUT2D eigenvalue weighted by molar-refractivity contribution is -0.149. The number of carbonyl (C=O) groups excluding carboxylic acids is 1. The number of hydrogen-bond donors (Lipinski definition) is 1. The zero-order valence-corrected chi connectivity index (χ0v) is 11.5. The lowest BCUT2D eigenvalue weighted by Crippen LogP contribution is -2.50. The lowest BCUT2D eigenvalue weighted by atomic mass is 9.98. The summed E-state index contributed by atoms with van der Waals surface area (Å²) < 4.78 is 11.2. The molecule has 3 rings (SSSR count). The number of aliphatic carboxylic acids is 1. The molecule has 0 radical (unpaired) electrons. The number of benzene rings is 1. The number of rotatable bonds is 2. The normalized spacial score (nSPS) is 24.5. The predicted octanol–water partition coefficient (Wildman–Crippen LogP) is 1.15. The number of amides is 1. The molecule has 0 aliphatic carbocycles. The van der Waals surface area contributed by atoms with E-state index < -0.39 is 18.0 Å². The Bertz CT molecular complexity index is 559. The van der Waals surface area contributed by atoms with E-state index in [-0.39, 0.29) is 19.1 Å². The SMILES string of the molecule is O=C(O)[C@H]1CCCN(C(=O)C2COc3ccccc3O2)C1. The largest absolute Gasteiger partial charge is 0.485 e. The molecular weight excluding hydrogens is 274 g/mol. The Balaban J connectivity index is 1.67. The molecule has 1 unspecified atom stereocenters. The topological polar surface area (TPSA) is 76.1 Å². The Morgan fingerprint density at radius 2 is 2.00 bits per heavy atom. The lowest BCUT2D eigenvalue weighted by Gasteiger charge is -2.34. The van der Waals surface area contributed by atoms with Gasteiger partial charge in [-0.2, -0.15) is 0 Å². The minimum atomic E-state index is -0.848. The molecule has 2 aliphatic rings. The molecule has 6 nitrogen and oxygen atoms in total. The maximum absolute atomic E-state index is 12.5. The number of likely N-dealkylation sites (tertiary alicyclic amines) is 1. The van der Waals surface area contributed by atoms with Gasteiger partial charge in [-0.05, 0) is 25.0 Å². The number of para-hydroxylation sites is 2. The number of piperidine rings is 1. The summed E-state index contributed by atoms with van der Waals surface area (Å²) in [4.78, 5) is 25.1. The number of fused-ring (bicyclic) bond motifs is 1. The Labute approximate surface area is 122 Å². The third-order valence-electron chi connectivity index (χ3n) is 3.87. The highest BCUT2D eigenvalue weighted by atomic mass is 16.6. The fourth-order valence-corrected chi connectivity index (χ4v) is 2.72. The van der Waals surface area contributed by atoms with E-state index in [1.54, 1.807) is 17.0 Å². The first kappa shape index (κ1) is 13.7. The zero-order valence-electron chi connectivity index (χ0n) is 11.5. The van der Waals surface area contributed by atoms with Gasteiger partial charge in [0.1, 0.15) is 6.61 Å². The summed E-state index contributed by atoms with van der Waals surface area (Å²) in [5.41, 5.74) is 0. The van der Waals surface area contributed by atoms with Gasteiger partial charge in [0.25, 0.3) is 5.91 Å². The van der Waals surface area contributed by atoms with Crippen LogP contribution in [-0.4, -0.2) is 47.7 Å². The maximum atomic E-state index is 12.5. The highest BCUT2D eigenvalue weighted by Crippen LogP contribution is 2.31. The summed E-state index contributed by atoms with van der Waals surface area (Å²) in [5.74, 6) is -0.355. The van der Waals surface area contributed by atoms with Crippen LogP contribution < -0.4 is 9.47 Å². The average molecular weight is 291 g/mol. The van der Waals surface area contributed by atoms with Crippen LogP contribution in [0.4, 0.5) is 0 Å². The maximum Gasteiger partial charge on any atom is 0.308 e. The monoisotopic (exact) mass is 291 g/mol. The van der Waals surface area contributed by atoms with Crippen molar-refractivity contribution in [2.45, 2.75) is 18.9 Å². The van der Waals surface area contributed by atoms with Crippen LogP contribution in [0.1, 0.15) is 12.8 Å². The van der Waals surface area contributed by atoms with Crippen LogP contribution in [0, 0.1) is 5.92 Å². The molecule has 1 N–H and O–H groups in total. The number of nitrogens with zero attached hydrogens (tertiary/aromatic N) is 1. The van der Waals surface area contributed by atoms with Gasteiger partial charge in [-0.3, -0.25) is 9.59 Å². The van der Waals surface area contributed by atoms with Gasteiger partial charge in [0, 0.05) is 13.1 Å². The molecule has 2 atom stereocenters. The molecule has 0 spiro atoms. The number of hydrogen-bond acceptors (Lipinski definition) is 4. The minimum Gasteiger partial charge on any atom is -0.485 e. The van der Waals surface area contributed by atoms with Gasteiger partial charge in [-0.15, -0.1) is 0 Å². The second-order valence-corrected chi connectivity index (χ2v) is 5.33. The molecule has 0 bridgehead atoms. The van der Waals surface area contributed by atoms with Crippen LogP contribution >= 0.6 is 0 Å². The average Bonchev–Trinajstić information content (AvgIpc) is 2.53. The van der Waals surface area contributed by atoms with Crippen molar-refractivity contribution >= 4 is 11.9 Å². The molecule has 1 amide bonds. The molecule has 0 saturated carbocycles. The first-order valence-electron chi connectivity index (χ1n) is 7.05. The van der Waals surface area contributed by atoms with Crippen molar-refractivity contribution in [3.63, 3.8) is 0 Å². The molecule has 1 saturated heterocycles. The van der Waals surface area contributed by atoms with Crippen molar-refractivity contribution in [1.82, 2.24) is 4.90 Å². The summed E-state index contributed by atoms with van der Waals surface area (Å²) in [6.45, 7) is 0.976. The van der Waals surface area contributed by atoms with Crippen LogP contribution in [0.5, 0.6) is 11.5 Å². The summed E-state index contributed by atoms with van der Waals surface area (Å²) in [6.07, 6.45) is 0.615. The van der Waals surface area contributed by atoms with E-state index in [0.717, 1.165) is 0 Å². The quantitative estimate of drug-likeness (QED) is 0.884. The smallest absolute Gasteiger partial charge is 0.308 e. The van der Waals surface area contributed by atoms with Crippen LogP contribution in [0.15, 0.2) is 24.3 Å². The summed E-state index contributed by atoms with van der Waals surface area (Å²) in [6, 6.07) is 7.20. The summed E-state index contributed by atoms with van der Waals surface area (Å²) in [5, 5.41) is 9.08. The van der Waals surface area contributed by atoms with Crippen LogP contribution in [-0.2, 0) is 9.59 Å². The number of ether oxygens (including phenoxy) is 2. The Morgan fingerprint density at radius 1 is 1.24 bits per heavy atom. The standard InChI is InChI=1S/C15H17NO5/c17-14(16-7-3-4-10(8-16)15(18)19)13-9-20-11-5-1-2-6-12(11)21-13/h1-2,5-6,10,13H,3-4,7-9H2,(H,18,19)/t10-,13?/m0/s1. The molecule has 21 heavy (non-hydrogen) atoms. The Morgan fingerprint density at radius 3 is 2.76 bits per heavy atom. The van der Waals surface area contributed by atoms with E-state index >= 15 is 0 Å². The van der Waals surface area contributed by atoms with Gasteiger partial charge < -0.3 is 19.5 Å². The van der Waals surface area contributed by atoms with E-state index in [4.69, 9.17) is 14.6 Å². The molecule has 1 aromatic rings. The molecule has 6 heteroatoms. The number of carbonyl (C=O) groups is 2. The van der Waals surface area contributed by atoms with Gasteiger partial charge in [-0.1, -0.05) is 12.1 Å². The number of carboxylic acids is 1. The third kappa shape index (κ3) is 2.79. The van der Waals surface area contributed by atoms with Crippen molar-refractivity contribution in [3.05, 3.63) is 24.3 Å². The molecular formula is C15H17NO5. The second kappa shape index (κ2) is 5.63. The highest BCUT2D eigenvalue weighted by molar-refractivity contribution is 5.83. The molecule has 1 aromatic carbocycles. The number of carboxylic acid groups (broad SMARTS) is 1. The molecule has 2 aliphatic heterocycles. The van der Waals surface area contributed by atoms with Gasteiger partial charge in [0.15, 0.2) is 11.5 Å².